The number of nitrogens with one attached hydrogen (secondary N) is 1. The van der Waals surface area contributed by atoms with Gasteiger partial charge in [-0.2, -0.15) is 5.10 Å². The molecule has 27 heavy (non-hydrogen) atoms. The number of hydrazone groups is 1. The summed E-state index contributed by atoms with van der Waals surface area (Å²) in [6.45, 7) is 3.86. The maximum Gasteiger partial charge on any atom is 0.253 e. The maximum atomic E-state index is 12.5. The number of hydrogen-bond donors (Lipinski definition) is 1. The highest BCUT2D eigenvalue weighted by atomic mass is 32.2. The van der Waals surface area contributed by atoms with Crippen LogP contribution < -0.4 is 5.43 Å². The Balaban J connectivity index is 1.60. The van der Waals surface area contributed by atoms with Crippen LogP contribution in [-0.2, 0) is 4.79 Å². The molecule has 1 N–H and O–H groups in total. The average molecular weight is 396 g/mol. The van der Waals surface area contributed by atoms with E-state index in [-0.39, 0.29) is 11.2 Å². The number of allylic oxidation sites excluding steroid dienone is 1. The van der Waals surface area contributed by atoms with Gasteiger partial charge < -0.3 is 0 Å². The molecule has 0 unspecified atom stereocenters. The molecular formula is C21H21N3OS2. The van der Waals surface area contributed by atoms with Crippen LogP contribution in [0.5, 0.6) is 0 Å². The van der Waals surface area contributed by atoms with Gasteiger partial charge in [-0.3, -0.25) is 4.79 Å². The molecule has 0 aliphatic rings. The molecule has 0 fully saturated rings. The van der Waals surface area contributed by atoms with Crippen LogP contribution in [0.15, 0.2) is 70.1 Å². The smallest absolute Gasteiger partial charge is 0.253 e. The number of aromatic nitrogens is 1. The summed E-state index contributed by atoms with van der Waals surface area (Å²) in [4.78, 5) is 17.1. The molecule has 138 valence electrons. The van der Waals surface area contributed by atoms with Crippen LogP contribution in [0, 0.1) is 0 Å². The van der Waals surface area contributed by atoms with Crippen molar-refractivity contribution in [3.8, 4) is 0 Å². The third-order valence-electron chi connectivity index (χ3n) is 3.84. The van der Waals surface area contributed by atoms with Crippen LogP contribution in [-0.4, -0.2) is 21.9 Å². The van der Waals surface area contributed by atoms with Crippen molar-refractivity contribution in [2.24, 2.45) is 5.10 Å². The van der Waals surface area contributed by atoms with Gasteiger partial charge >= 0.3 is 0 Å². The molecule has 4 nitrogen and oxygen atoms in total. The molecule has 3 aromatic rings. The van der Waals surface area contributed by atoms with Gasteiger partial charge in [-0.1, -0.05) is 67.2 Å². The van der Waals surface area contributed by atoms with Crippen molar-refractivity contribution in [1.29, 1.82) is 0 Å². The predicted molar refractivity (Wildman–Crippen MR) is 116 cm³/mol. The van der Waals surface area contributed by atoms with Gasteiger partial charge in [0.25, 0.3) is 5.91 Å². The van der Waals surface area contributed by atoms with Gasteiger partial charge in [-0.25, -0.2) is 10.4 Å². The van der Waals surface area contributed by atoms with E-state index in [1.54, 1.807) is 11.3 Å². The molecule has 6 heteroatoms. The standard InChI is InChI=1S/C21H21N3OS2/c1-3-18(26-21-22-17-11-7-8-12-19(17)27-21)20(25)24-23-15(2)13-14-16-9-5-4-6-10-16/h4-14,18H,3H2,1-2H3,(H,24,25)/b14-13+,23-15+/t18-/m0/s1. The zero-order valence-corrected chi connectivity index (χ0v) is 16.9. The molecule has 0 aliphatic heterocycles. The minimum atomic E-state index is -0.222. The van der Waals surface area contributed by atoms with Gasteiger partial charge in [0, 0.05) is 0 Å². The fraction of sp³-hybridized carbons (Fsp3) is 0.190. The van der Waals surface area contributed by atoms with E-state index in [0.717, 1.165) is 25.8 Å². The first-order valence-electron chi connectivity index (χ1n) is 8.75. The number of amides is 1. The Morgan fingerprint density at radius 3 is 2.70 bits per heavy atom. The van der Waals surface area contributed by atoms with Crippen molar-refractivity contribution in [2.45, 2.75) is 29.9 Å². The Labute approximate surface area is 167 Å². The molecule has 1 heterocycles. The molecule has 0 spiro atoms. The summed E-state index contributed by atoms with van der Waals surface area (Å²) in [6, 6.07) is 18.0. The highest BCUT2D eigenvalue weighted by Gasteiger charge is 2.19. The SMILES string of the molecule is CC[C@H](Sc1nc2ccccc2s1)C(=O)N/N=C(C)/C=C/c1ccccc1. The van der Waals surface area contributed by atoms with Crippen LogP contribution in [0.3, 0.4) is 0 Å². The summed E-state index contributed by atoms with van der Waals surface area (Å²) in [5.74, 6) is -0.103. The second-order valence-electron chi connectivity index (χ2n) is 5.94. The maximum absolute atomic E-state index is 12.5. The number of fused-ring (bicyclic) bond motifs is 1. The summed E-state index contributed by atoms with van der Waals surface area (Å²) in [6.07, 6.45) is 4.57. The number of thiazole rings is 1. The van der Waals surface area contributed by atoms with E-state index >= 15 is 0 Å². The first kappa shape index (κ1) is 19.3. The Morgan fingerprint density at radius 2 is 1.96 bits per heavy atom. The second kappa shape index (κ2) is 9.48. The fourth-order valence-electron chi connectivity index (χ4n) is 2.38. The minimum Gasteiger partial charge on any atom is -0.272 e. The lowest BCUT2D eigenvalue weighted by molar-refractivity contribution is -0.120. The van der Waals surface area contributed by atoms with Crippen molar-refractivity contribution in [2.75, 3.05) is 0 Å². The normalized spacial score (nSPS) is 13.2. The Bertz CT molecular complexity index is 931. The van der Waals surface area contributed by atoms with Crippen molar-refractivity contribution >= 4 is 51.0 Å². The van der Waals surface area contributed by atoms with Crippen LogP contribution in [0.4, 0.5) is 0 Å². The van der Waals surface area contributed by atoms with Gasteiger partial charge in [0.1, 0.15) is 0 Å². The van der Waals surface area contributed by atoms with Gasteiger partial charge in [0.2, 0.25) is 0 Å². The summed E-state index contributed by atoms with van der Waals surface area (Å²) >= 11 is 3.11. The topological polar surface area (TPSA) is 54.4 Å². The third kappa shape index (κ3) is 5.52. The number of carbonyl (C=O) groups excluding carboxylic acids is 1. The number of rotatable bonds is 7. The van der Waals surface area contributed by atoms with Crippen LogP contribution in [0.1, 0.15) is 25.8 Å². The second-order valence-corrected chi connectivity index (χ2v) is 8.42. The minimum absolute atomic E-state index is 0.103. The lowest BCUT2D eigenvalue weighted by Crippen LogP contribution is -2.29. The summed E-state index contributed by atoms with van der Waals surface area (Å²) < 4.78 is 2.04. The molecule has 2 aromatic carbocycles. The summed E-state index contributed by atoms with van der Waals surface area (Å²) in [5.41, 5.74) is 5.49. The molecule has 1 amide bonds. The average Bonchev–Trinajstić information content (AvgIpc) is 3.12. The Kier molecular flexibility index (Phi) is 6.79. The summed E-state index contributed by atoms with van der Waals surface area (Å²) in [7, 11) is 0. The monoisotopic (exact) mass is 395 g/mol. The lowest BCUT2D eigenvalue weighted by atomic mass is 10.2. The summed E-state index contributed by atoms with van der Waals surface area (Å²) in [5, 5.41) is 3.97. The van der Waals surface area contributed by atoms with Crippen LogP contribution >= 0.6 is 23.1 Å². The Hall–Kier alpha value is -2.44. The quantitative estimate of drug-likeness (QED) is 0.332. The van der Waals surface area contributed by atoms with Crippen molar-refractivity contribution < 1.29 is 4.79 Å². The van der Waals surface area contributed by atoms with E-state index in [4.69, 9.17) is 0 Å². The van der Waals surface area contributed by atoms with E-state index in [9.17, 15) is 4.79 Å². The first-order valence-corrected chi connectivity index (χ1v) is 10.4. The van der Waals surface area contributed by atoms with E-state index in [0.29, 0.717) is 6.42 Å². The number of thioether (sulfide) groups is 1. The molecule has 1 atom stereocenters. The molecule has 1 aromatic heterocycles. The molecular weight excluding hydrogens is 374 g/mol. The Morgan fingerprint density at radius 1 is 1.22 bits per heavy atom. The van der Waals surface area contributed by atoms with E-state index in [1.165, 1.54) is 11.8 Å². The zero-order valence-electron chi connectivity index (χ0n) is 15.3. The zero-order chi connectivity index (χ0) is 19.1. The number of nitrogens with zero attached hydrogens (tertiary/aromatic N) is 2. The lowest BCUT2D eigenvalue weighted by Gasteiger charge is -2.10. The fourth-order valence-corrected chi connectivity index (χ4v) is 4.61. The highest BCUT2D eigenvalue weighted by Crippen LogP contribution is 2.33. The molecule has 3 rings (SSSR count). The number of benzene rings is 2. The van der Waals surface area contributed by atoms with E-state index < -0.39 is 0 Å². The van der Waals surface area contributed by atoms with Gasteiger partial charge in [0.15, 0.2) is 4.34 Å². The molecule has 0 radical (unpaired) electrons. The van der Waals surface area contributed by atoms with Crippen molar-refractivity contribution in [1.82, 2.24) is 10.4 Å². The molecule has 0 saturated heterocycles. The third-order valence-corrected chi connectivity index (χ3v) is 6.33. The highest BCUT2D eigenvalue weighted by molar-refractivity contribution is 8.02. The van der Waals surface area contributed by atoms with E-state index in [1.807, 2.05) is 80.6 Å². The van der Waals surface area contributed by atoms with Crippen LogP contribution in [0.25, 0.3) is 16.3 Å². The van der Waals surface area contributed by atoms with Crippen molar-refractivity contribution in [3.63, 3.8) is 0 Å². The van der Waals surface area contributed by atoms with Gasteiger partial charge in [-0.15, -0.1) is 11.3 Å². The van der Waals surface area contributed by atoms with Crippen LogP contribution in [0.2, 0.25) is 0 Å². The largest absolute Gasteiger partial charge is 0.272 e. The number of hydrogen-bond acceptors (Lipinski definition) is 5. The number of para-hydroxylation sites is 1. The predicted octanol–water partition coefficient (Wildman–Crippen LogP) is 5.37. The first-order chi connectivity index (χ1) is 13.2. The van der Waals surface area contributed by atoms with E-state index in [2.05, 4.69) is 15.5 Å². The number of carbonyl (C=O) groups is 1. The molecule has 0 saturated carbocycles. The van der Waals surface area contributed by atoms with Crippen molar-refractivity contribution in [3.05, 3.63) is 66.2 Å². The van der Waals surface area contributed by atoms with Gasteiger partial charge in [0.05, 0.1) is 21.2 Å². The van der Waals surface area contributed by atoms with Gasteiger partial charge in [-0.05, 0) is 37.1 Å². The molecule has 0 bridgehead atoms. The molecule has 0 aliphatic carbocycles.